The van der Waals surface area contributed by atoms with E-state index in [-0.39, 0.29) is 11.9 Å². The molecule has 1 atom stereocenters. The molecule has 1 aromatic heterocycles. The number of likely N-dealkylation sites (N-methyl/N-ethyl adjacent to an activating group) is 1. The van der Waals surface area contributed by atoms with Crippen LogP contribution in [0.15, 0.2) is 54.6 Å². The third-order valence-electron chi connectivity index (χ3n) is 4.73. The Morgan fingerprint density at radius 1 is 1.18 bits per heavy atom. The highest BCUT2D eigenvalue weighted by atomic mass is 16.5. The van der Waals surface area contributed by atoms with Crippen molar-refractivity contribution in [2.45, 2.75) is 13.0 Å². The Balaban J connectivity index is 1.69. The molecule has 0 aliphatic heterocycles. The average Bonchev–Trinajstić information content (AvgIpc) is 3.19. The van der Waals surface area contributed by atoms with Crippen LogP contribution in [0.3, 0.4) is 0 Å². The first-order chi connectivity index (χ1) is 13.5. The summed E-state index contributed by atoms with van der Waals surface area (Å²) < 4.78 is 5.25. The van der Waals surface area contributed by atoms with E-state index in [2.05, 4.69) is 51.6 Å². The number of rotatable bonds is 7. The molecule has 0 radical (unpaired) electrons. The Bertz CT molecular complexity index is 932. The van der Waals surface area contributed by atoms with Gasteiger partial charge < -0.3 is 15.0 Å². The quantitative estimate of drug-likeness (QED) is 0.661. The van der Waals surface area contributed by atoms with Gasteiger partial charge in [0, 0.05) is 12.1 Å². The van der Waals surface area contributed by atoms with E-state index in [1.54, 1.807) is 13.2 Å². The zero-order chi connectivity index (χ0) is 20.1. The minimum atomic E-state index is -0.180. The molecule has 0 saturated heterocycles. The molecule has 6 heteroatoms. The van der Waals surface area contributed by atoms with Crippen LogP contribution in [0.5, 0.6) is 5.75 Å². The number of aryl methyl sites for hydroxylation is 1. The predicted octanol–water partition coefficient (Wildman–Crippen LogP) is 3.43. The smallest absolute Gasteiger partial charge is 0.269 e. The molecule has 0 bridgehead atoms. The first kappa shape index (κ1) is 19.6. The number of carbonyl (C=O) groups excluding carboxylic acids is 1. The van der Waals surface area contributed by atoms with Crippen molar-refractivity contribution >= 4 is 5.91 Å². The van der Waals surface area contributed by atoms with Gasteiger partial charge in [-0.3, -0.25) is 9.89 Å². The molecule has 3 aromatic rings. The van der Waals surface area contributed by atoms with Gasteiger partial charge >= 0.3 is 0 Å². The molecule has 2 N–H and O–H groups in total. The highest BCUT2D eigenvalue weighted by Crippen LogP contribution is 2.23. The lowest BCUT2D eigenvalue weighted by molar-refractivity contribution is 0.0937. The molecule has 146 valence electrons. The lowest BCUT2D eigenvalue weighted by Crippen LogP contribution is -2.34. The summed E-state index contributed by atoms with van der Waals surface area (Å²) in [7, 11) is 5.64. The molecule has 28 heavy (non-hydrogen) atoms. The van der Waals surface area contributed by atoms with Crippen LogP contribution in [0.1, 0.15) is 27.7 Å². The first-order valence-corrected chi connectivity index (χ1v) is 9.19. The number of benzene rings is 2. The van der Waals surface area contributed by atoms with E-state index in [0.29, 0.717) is 17.9 Å². The molecule has 0 spiro atoms. The Labute approximate surface area is 165 Å². The predicted molar refractivity (Wildman–Crippen MR) is 111 cm³/mol. The molecule has 1 amide bonds. The molecule has 3 rings (SSSR count). The molecule has 2 aromatic carbocycles. The van der Waals surface area contributed by atoms with Crippen molar-refractivity contribution in [1.82, 2.24) is 20.4 Å². The molecule has 6 nitrogen and oxygen atoms in total. The van der Waals surface area contributed by atoms with Gasteiger partial charge in [-0.15, -0.1) is 0 Å². The number of methoxy groups -OCH3 is 1. The van der Waals surface area contributed by atoms with Gasteiger partial charge in [-0.25, -0.2) is 0 Å². The summed E-state index contributed by atoms with van der Waals surface area (Å²) in [6.45, 7) is 2.57. The standard InChI is InChI=1S/C22H26N4O2/c1-15-8-10-16(11-9-15)21(26(2)3)14-23-22(27)20-13-19(24-25-20)17-6-5-7-18(12-17)28-4/h5-13,21H,14H2,1-4H3,(H,23,27)(H,24,25)/t21-/m1/s1. The monoisotopic (exact) mass is 378 g/mol. The van der Waals surface area contributed by atoms with Crippen molar-refractivity contribution in [1.29, 1.82) is 0 Å². The van der Waals surface area contributed by atoms with Crippen LogP contribution in [0.25, 0.3) is 11.3 Å². The lowest BCUT2D eigenvalue weighted by Gasteiger charge is -2.25. The van der Waals surface area contributed by atoms with Crippen LogP contribution in [-0.2, 0) is 0 Å². The van der Waals surface area contributed by atoms with Crippen molar-refractivity contribution in [2.75, 3.05) is 27.7 Å². The number of hydrogen-bond donors (Lipinski definition) is 2. The number of ether oxygens (including phenoxy) is 1. The Kier molecular flexibility index (Phi) is 6.11. The number of nitrogens with one attached hydrogen (secondary N) is 2. The van der Waals surface area contributed by atoms with E-state index in [0.717, 1.165) is 16.9 Å². The summed E-state index contributed by atoms with van der Waals surface area (Å²) in [4.78, 5) is 14.7. The third kappa shape index (κ3) is 4.58. The molecule has 0 aliphatic rings. The normalized spacial score (nSPS) is 12.0. The van der Waals surface area contributed by atoms with Crippen LogP contribution in [0.4, 0.5) is 0 Å². The van der Waals surface area contributed by atoms with Gasteiger partial charge in [-0.05, 0) is 44.8 Å². The fourth-order valence-corrected chi connectivity index (χ4v) is 3.04. The largest absolute Gasteiger partial charge is 0.497 e. The third-order valence-corrected chi connectivity index (χ3v) is 4.73. The highest BCUT2D eigenvalue weighted by Gasteiger charge is 2.17. The van der Waals surface area contributed by atoms with Crippen molar-refractivity contribution in [3.8, 4) is 17.0 Å². The van der Waals surface area contributed by atoms with Gasteiger partial charge in [0.25, 0.3) is 5.91 Å². The van der Waals surface area contributed by atoms with Crippen LogP contribution >= 0.6 is 0 Å². The number of aromatic amines is 1. The second kappa shape index (κ2) is 8.71. The molecule has 1 heterocycles. The number of nitrogens with zero attached hydrogens (tertiary/aromatic N) is 2. The van der Waals surface area contributed by atoms with E-state index in [4.69, 9.17) is 4.74 Å². The zero-order valence-electron chi connectivity index (χ0n) is 16.7. The maximum atomic E-state index is 12.6. The van der Waals surface area contributed by atoms with Gasteiger partial charge in [0.1, 0.15) is 11.4 Å². The van der Waals surface area contributed by atoms with Crippen LogP contribution in [0, 0.1) is 6.92 Å². The van der Waals surface area contributed by atoms with E-state index in [1.165, 1.54) is 5.56 Å². The van der Waals surface area contributed by atoms with Crippen LogP contribution in [0.2, 0.25) is 0 Å². The second-order valence-electron chi connectivity index (χ2n) is 7.00. The summed E-state index contributed by atoms with van der Waals surface area (Å²) in [6.07, 6.45) is 0. The zero-order valence-corrected chi connectivity index (χ0v) is 16.7. The Morgan fingerprint density at radius 3 is 2.61 bits per heavy atom. The fraction of sp³-hybridized carbons (Fsp3) is 0.273. The van der Waals surface area contributed by atoms with E-state index < -0.39 is 0 Å². The van der Waals surface area contributed by atoms with Gasteiger partial charge in [-0.1, -0.05) is 42.0 Å². The summed E-state index contributed by atoms with van der Waals surface area (Å²) in [5.74, 6) is 0.569. The maximum absolute atomic E-state index is 12.6. The van der Waals surface area contributed by atoms with Crippen LogP contribution in [-0.4, -0.2) is 48.8 Å². The second-order valence-corrected chi connectivity index (χ2v) is 7.00. The van der Waals surface area contributed by atoms with Gasteiger partial charge in [0.15, 0.2) is 0 Å². The van der Waals surface area contributed by atoms with Gasteiger partial charge in [0.2, 0.25) is 0 Å². The molecule has 0 aliphatic carbocycles. The molecular formula is C22H26N4O2. The van der Waals surface area contributed by atoms with Gasteiger partial charge in [-0.2, -0.15) is 5.10 Å². The Morgan fingerprint density at radius 2 is 1.93 bits per heavy atom. The van der Waals surface area contributed by atoms with E-state index >= 15 is 0 Å². The number of carbonyl (C=O) groups is 1. The summed E-state index contributed by atoms with van der Waals surface area (Å²) in [5, 5.41) is 10.1. The number of amides is 1. The van der Waals surface area contributed by atoms with Crippen molar-refractivity contribution < 1.29 is 9.53 Å². The first-order valence-electron chi connectivity index (χ1n) is 9.19. The number of hydrogen-bond acceptors (Lipinski definition) is 4. The van der Waals surface area contributed by atoms with Crippen molar-refractivity contribution in [3.05, 3.63) is 71.4 Å². The molecule has 0 unspecified atom stereocenters. The lowest BCUT2D eigenvalue weighted by atomic mass is 10.0. The molecule has 0 saturated carbocycles. The van der Waals surface area contributed by atoms with E-state index in [1.807, 2.05) is 38.4 Å². The average molecular weight is 378 g/mol. The van der Waals surface area contributed by atoms with Crippen molar-refractivity contribution in [3.63, 3.8) is 0 Å². The number of aromatic nitrogens is 2. The molecular weight excluding hydrogens is 352 g/mol. The van der Waals surface area contributed by atoms with Crippen molar-refractivity contribution in [2.24, 2.45) is 0 Å². The summed E-state index contributed by atoms with van der Waals surface area (Å²) in [6, 6.07) is 17.8. The van der Waals surface area contributed by atoms with Gasteiger partial charge in [0.05, 0.1) is 18.8 Å². The van der Waals surface area contributed by atoms with E-state index in [9.17, 15) is 4.79 Å². The fourth-order valence-electron chi connectivity index (χ4n) is 3.04. The topological polar surface area (TPSA) is 70.2 Å². The minimum Gasteiger partial charge on any atom is -0.497 e. The summed E-state index contributed by atoms with van der Waals surface area (Å²) >= 11 is 0. The molecule has 0 fully saturated rings. The number of H-pyrrole nitrogens is 1. The highest BCUT2D eigenvalue weighted by molar-refractivity contribution is 5.93. The summed E-state index contributed by atoms with van der Waals surface area (Å²) in [5.41, 5.74) is 4.40. The SMILES string of the molecule is COc1cccc(-c2cc(C(=O)NC[C@H](c3ccc(C)cc3)N(C)C)[nH]n2)c1. The minimum absolute atomic E-state index is 0.0883. The maximum Gasteiger partial charge on any atom is 0.269 e. The van der Waals surface area contributed by atoms with Crippen LogP contribution < -0.4 is 10.1 Å². The Hall–Kier alpha value is -3.12.